The smallest absolute Gasteiger partial charge is 0.299 e. The van der Waals surface area contributed by atoms with Crippen molar-refractivity contribution >= 4 is 63.9 Å². The first-order valence-electron chi connectivity index (χ1n) is 8.68. The number of ketones is 1. The molecular weight excluding hydrogens is 603 g/mol. The Balaban J connectivity index is 2.28. The van der Waals surface area contributed by atoms with Gasteiger partial charge in [-0.25, -0.2) is 3.11 Å². The van der Waals surface area contributed by atoms with Crippen LogP contribution in [0.15, 0.2) is 23.8 Å². The van der Waals surface area contributed by atoms with Gasteiger partial charge < -0.3 is 0 Å². The largest absolute Gasteiger partial charge is 0.396 e. The van der Waals surface area contributed by atoms with Crippen LogP contribution in [0.25, 0.3) is 0 Å². The van der Waals surface area contributed by atoms with E-state index < -0.39 is 29.3 Å². The van der Waals surface area contributed by atoms with E-state index in [0.717, 1.165) is 18.9 Å². The maximum Gasteiger partial charge on any atom is 0.396 e. The number of halogens is 5. The summed E-state index contributed by atoms with van der Waals surface area (Å²) in [7, 11) is 0. The van der Waals surface area contributed by atoms with Crippen molar-refractivity contribution in [1.29, 1.82) is 5.26 Å². The van der Waals surface area contributed by atoms with Gasteiger partial charge in [-0.1, -0.05) is 46.4 Å². The number of rotatable bonds is 5. The topological polar surface area (TPSA) is 44.1 Å². The number of nitrogens with zero attached hydrogens (tertiary/aromatic N) is 2. The second-order valence-electron chi connectivity index (χ2n) is 6.98. The lowest BCUT2D eigenvalue weighted by Crippen LogP contribution is -2.42. The summed E-state index contributed by atoms with van der Waals surface area (Å²) >= 11 is 9.10. The molecule has 6 unspecified atom stereocenters. The molecule has 9 heteroatoms. The predicted molar refractivity (Wildman–Crippen MR) is 119 cm³/mol. The SMILES string of the molecule is CC(=O)C(C1=CC(C(F)(F)F)C(C#N)CC1)C(S)N(I)C1C=CC(I)CC1. The lowest BCUT2D eigenvalue weighted by molar-refractivity contribution is -0.171. The summed E-state index contributed by atoms with van der Waals surface area (Å²) in [5.74, 6) is -3.85. The number of hydrogen-bond donors (Lipinski definition) is 1. The van der Waals surface area contributed by atoms with Crippen molar-refractivity contribution < 1.29 is 18.0 Å². The molecule has 0 saturated carbocycles. The van der Waals surface area contributed by atoms with E-state index >= 15 is 0 Å². The summed E-state index contributed by atoms with van der Waals surface area (Å²) in [6.45, 7) is 1.40. The van der Waals surface area contributed by atoms with Gasteiger partial charge in [-0.3, -0.25) is 4.79 Å². The molecule has 0 spiro atoms. The quantitative estimate of drug-likeness (QED) is 0.107. The van der Waals surface area contributed by atoms with Gasteiger partial charge in [-0.2, -0.15) is 31.1 Å². The molecule has 3 nitrogen and oxygen atoms in total. The second kappa shape index (κ2) is 9.80. The third-order valence-corrected chi connectivity index (χ3v) is 8.44. The Morgan fingerprint density at radius 3 is 2.52 bits per heavy atom. The number of carbonyl (C=O) groups excluding carboxylic acids is 1. The third-order valence-electron chi connectivity index (χ3n) is 5.10. The Bertz CT molecular complexity index is 662. The van der Waals surface area contributed by atoms with Crippen molar-refractivity contribution in [2.24, 2.45) is 17.8 Å². The number of carbonyl (C=O) groups is 1. The summed E-state index contributed by atoms with van der Waals surface area (Å²) in [5.41, 5.74) is 0.449. The highest BCUT2D eigenvalue weighted by Gasteiger charge is 2.47. The number of alkyl halides is 4. The van der Waals surface area contributed by atoms with E-state index in [2.05, 4.69) is 70.2 Å². The first-order chi connectivity index (χ1) is 12.6. The highest BCUT2D eigenvalue weighted by Crippen LogP contribution is 2.43. The van der Waals surface area contributed by atoms with Gasteiger partial charge in [-0.05, 0) is 32.6 Å². The lowest BCUT2D eigenvalue weighted by Gasteiger charge is -2.37. The van der Waals surface area contributed by atoms with Gasteiger partial charge in [0.05, 0.1) is 29.2 Å². The van der Waals surface area contributed by atoms with Crippen molar-refractivity contribution in [1.82, 2.24) is 3.11 Å². The average Bonchev–Trinajstić information content (AvgIpc) is 2.60. The van der Waals surface area contributed by atoms with Crippen LogP contribution in [0.3, 0.4) is 0 Å². The van der Waals surface area contributed by atoms with Crippen molar-refractivity contribution in [3.63, 3.8) is 0 Å². The molecule has 2 rings (SSSR count). The predicted octanol–water partition coefficient (Wildman–Crippen LogP) is 5.66. The minimum atomic E-state index is -4.50. The number of thiol groups is 1. The van der Waals surface area contributed by atoms with Gasteiger partial charge in [0.2, 0.25) is 0 Å². The molecule has 0 heterocycles. The third kappa shape index (κ3) is 5.85. The fourth-order valence-electron chi connectivity index (χ4n) is 3.64. The van der Waals surface area contributed by atoms with Crippen LogP contribution >= 0.6 is 58.1 Å². The van der Waals surface area contributed by atoms with Crippen molar-refractivity contribution in [2.75, 3.05) is 0 Å². The molecule has 0 aliphatic heterocycles. The van der Waals surface area contributed by atoms with Crippen molar-refractivity contribution in [3.8, 4) is 6.07 Å². The molecule has 0 radical (unpaired) electrons. The molecule has 27 heavy (non-hydrogen) atoms. The molecule has 2 aliphatic carbocycles. The highest BCUT2D eigenvalue weighted by molar-refractivity contribution is 14.1. The van der Waals surface area contributed by atoms with E-state index in [4.69, 9.17) is 5.26 Å². The maximum atomic E-state index is 13.4. The second-order valence-corrected chi connectivity index (χ2v) is 10.2. The van der Waals surface area contributed by atoms with E-state index in [1.165, 1.54) is 6.92 Å². The number of hydrogen-bond acceptors (Lipinski definition) is 4. The molecular formula is C18H21F3I2N2OS. The van der Waals surface area contributed by atoms with Crippen LogP contribution in [0.1, 0.15) is 32.6 Å². The molecule has 0 N–H and O–H groups in total. The van der Waals surface area contributed by atoms with Gasteiger partial charge in [0.1, 0.15) is 5.78 Å². The summed E-state index contributed by atoms with van der Waals surface area (Å²) in [5, 5.41) is 8.54. The van der Waals surface area contributed by atoms with E-state index in [9.17, 15) is 18.0 Å². The Labute approximate surface area is 190 Å². The molecule has 0 amide bonds. The molecule has 0 saturated heterocycles. The Morgan fingerprint density at radius 1 is 1.37 bits per heavy atom. The normalized spacial score (nSPS) is 31.1. The lowest BCUT2D eigenvalue weighted by atomic mass is 9.76. The summed E-state index contributed by atoms with van der Waals surface area (Å²) in [4.78, 5) is 12.3. The van der Waals surface area contributed by atoms with Crippen LogP contribution in [0.4, 0.5) is 13.2 Å². The van der Waals surface area contributed by atoms with E-state index in [1.54, 1.807) is 6.07 Å². The Morgan fingerprint density at radius 2 is 2.04 bits per heavy atom. The van der Waals surface area contributed by atoms with Gasteiger partial charge >= 0.3 is 6.18 Å². The van der Waals surface area contributed by atoms with Crippen LogP contribution < -0.4 is 0 Å². The first kappa shape index (κ1) is 23.5. The molecule has 150 valence electrons. The Kier molecular flexibility index (Phi) is 8.52. The van der Waals surface area contributed by atoms with Crippen LogP contribution in [-0.2, 0) is 4.79 Å². The van der Waals surface area contributed by atoms with E-state index in [0.29, 0.717) is 15.9 Å². The minimum Gasteiger partial charge on any atom is -0.299 e. The van der Waals surface area contributed by atoms with Crippen LogP contribution in [0.2, 0.25) is 0 Å². The maximum absolute atomic E-state index is 13.4. The molecule has 6 atom stereocenters. The summed E-state index contributed by atoms with van der Waals surface area (Å²) in [6, 6.07) is 1.86. The fourth-order valence-corrected chi connectivity index (χ4v) is 5.59. The van der Waals surface area contributed by atoms with Gasteiger partial charge in [-0.15, -0.1) is 0 Å². The average molecular weight is 624 g/mol. The van der Waals surface area contributed by atoms with E-state index in [1.807, 2.05) is 3.11 Å². The van der Waals surface area contributed by atoms with Crippen molar-refractivity contribution in [3.05, 3.63) is 23.8 Å². The zero-order valence-corrected chi connectivity index (χ0v) is 19.9. The standard InChI is InChI=1S/C18H21F3I2N2OS/c1-10(26)16(17(27)25(23)14-6-4-13(22)5-7-14)11-2-3-12(9-24)15(8-11)18(19,20)21/h4,6,8,12-17,27H,2-3,5,7H2,1H3. The summed E-state index contributed by atoms with van der Waals surface area (Å²) < 4.78 is 42.6. The number of nitriles is 1. The highest BCUT2D eigenvalue weighted by atomic mass is 127. The van der Waals surface area contributed by atoms with E-state index in [-0.39, 0.29) is 18.2 Å². The van der Waals surface area contributed by atoms with Gasteiger partial charge in [0, 0.05) is 32.8 Å². The first-order valence-corrected chi connectivity index (χ1v) is 11.4. The minimum absolute atomic E-state index is 0.0930. The Hall–Kier alpha value is 0.200. The monoisotopic (exact) mass is 624 g/mol. The van der Waals surface area contributed by atoms with Crippen LogP contribution in [0, 0.1) is 29.1 Å². The van der Waals surface area contributed by atoms with Crippen LogP contribution in [0.5, 0.6) is 0 Å². The number of allylic oxidation sites excluding steroid dienone is 2. The molecule has 0 aromatic carbocycles. The zero-order valence-electron chi connectivity index (χ0n) is 14.7. The molecule has 2 aliphatic rings. The number of Topliss-reactive ketones (excluding diaryl/α,β-unsaturated/α-hetero) is 1. The van der Waals surface area contributed by atoms with Gasteiger partial charge in [0.15, 0.2) is 0 Å². The molecule has 0 fully saturated rings. The molecule has 0 bridgehead atoms. The van der Waals surface area contributed by atoms with Crippen molar-refractivity contribution in [2.45, 2.75) is 54.1 Å². The molecule has 0 aromatic rings. The summed E-state index contributed by atoms with van der Waals surface area (Å²) in [6.07, 6.45) is 3.14. The van der Waals surface area contributed by atoms with Crippen LogP contribution in [-0.4, -0.2) is 30.4 Å². The zero-order chi connectivity index (χ0) is 20.4. The fraction of sp³-hybridized carbons (Fsp3) is 0.667. The molecule has 0 aromatic heterocycles. The van der Waals surface area contributed by atoms with Gasteiger partial charge in [0.25, 0.3) is 0 Å².